The van der Waals surface area contributed by atoms with Crippen LogP contribution < -0.4 is 5.32 Å². The summed E-state index contributed by atoms with van der Waals surface area (Å²) in [6.07, 6.45) is 1.21. The number of nitrogens with one attached hydrogen (secondary N) is 1. The number of hydrogen-bond donors (Lipinski definition) is 1. The highest BCUT2D eigenvalue weighted by Crippen LogP contribution is 2.20. The maximum atomic E-state index is 4.65. The van der Waals surface area contributed by atoms with Gasteiger partial charge in [0.05, 0.1) is 12.2 Å². The van der Waals surface area contributed by atoms with Crippen molar-refractivity contribution in [3.63, 3.8) is 0 Å². The molecule has 0 aliphatic carbocycles. The molecule has 17 heavy (non-hydrogen) atoms. The molecule has 1 aromatic heterocycles. The second-order valence-electron chi connectivity index (χ2n) is 5.05. The highest BCUT2D eigenvalue weighted by molar-refractivity contribution is 7.11. The van der Waals surface area contributed by atoms with Crippen LogP contribution in [0.5, 0.6) is 0 Å². The average molecular weight is 253 g/mol. The minimum atomic E-state index is 0.597. The van der Waals surface area contributed by atoms with Gasteiger partial charge in [-0.2, -0.15) is 0 Å². The molecule has 1 aliphatic rings. The molecule has 2 rings (SSSR count). The molecule has 2 unspecified atom stereocenters. The van der Waals surface area contributed by atoms with E-state index in [4.69, 9.17) is 0 Å². The summed E-state index contributed by atoms with van der Waals surface area (Å²) in [6.45, 7) is 12.1. The smallest absolute Gasteiger partial charge is 0.107 e. The van der Waals surface area contributed by atoms with Crippen molar-refractivity contribution in [1.29, 1.82) is 0 Å². The fourth-order valence-electron chi connectivity index (χ4n) is 2.41. The predicted molar refractivity (Wildman–Crippen MR) is 73.5 cm³/mol. The third kappa shape index (κ3) is 3.06. The number of nitrogens with zero attached hydrogens (tertiary/aromatic N) is 2. The maximum Gasteiger partial charge on any atom is 0.107 e. The van der Waals surface area contributed by atoms with Crippen molar-refractivity contribution in [2.24, 2.45) is 0 Å². The lowest BCUT2D eigenvalue weighted by Gasteiger charge is -2.38. The summed E-state index contributed by atoms with van der Waals surface area (Å²) in [5.74, 6) is 0. The Hall–Kier alpha value is -0.450. The molecule has 0 radical (unpaired) electrons. The van der Waals surface area contributed by atoms with Gasteiger partial charge in [-0.3, -0.25) is 4.90 Å². The molecule has 1 aromatic rings. The Bertz CT molecular complexity index is 355. The lowest BCUT2D eigenvalue weighted by molar-refractivity contribution is 0.124. The van der Waals surface area contributed by atoms with Gasteiger partial charge < -0.3 is 5.32 Å². The number of hydrogen-bond acceptors (Lipinski definition) is 4. The molecule has 0 amide bonds. The first-order chi connectivity index (χ1) is 8.10. The largest absolute Gasteiger partial charge is 0.311 e. The van der Waals surface area contributed by atoms with Gasteiger partial charge in [-0.25, -0.2) is 4.98 Å². The lowest BCUT2D eigenvalue weighted by Crippen LogP contribution is -2.54. The number of aryl methyl sites for hydroxylation is 2. The van der Waals surface area contributed by atoms with Crippen molar-refractivity contribution in [2.75, 3.05) is 13.1 Å². The van der Waals surface area contributed by atoms with Crippen LogP contribution in [0.4, 0.5) is 0 Å². The van der Waals surface area contributed by atoms with Gasteiger partial charge in [0.25, 0.3) is 0 Å². The molecule has 1 aliphatic heterocycles. The Morgan fingerprint density at radius 3 is 2.82 bits per heavy atom. The molecular weight excluding hydrogens is 230 g/mol. The summed E-state index contributed by atoms with van der Waals surface area (Å²) in [4.78, 5) is 8.59. The Morgan fingerprint density at radius 1 is 1.47 bits per heavy atom. The van der Waals surface area contributed by atoms with Crippen LogP contribution in [0.3, 0.4) is 0 Å². The third-order valence-electron chi connectivity index (χ3n) is 3.61. The monoisotopic (exact) mass is 253 g/mol. The van der Waals surface area contributed by atoms with E-state index >= 15 is 0 Å². The van der Waals surface area contributed by atoms with E-state index in [9.17, 15) is 0 Å². The minimum absolute atomic E-state index is 0.597. The molecule has 1 fully saturated rings. The van der Waals surface area contributed by atoms with Crippen LogP contribution in [0.25, 0.3) is 0 Å². The first-order valence-electron chi connectivity index (χ1n) is 6.50. The van der Waals surface area contributed by atoms with E-state index in [1.165, 1.54) is 22.0 Å². The third-order valence-corrected chi connectivity index (χ3v) is 4.67. The fourth-order valence-corrected chi connectivity index (χ4v) is 3.37. The zero-order chi connectivity index (χ0) is 12.4. The van der Waals surface area contributed by atoms with E-state index in [1.54, 1.807) is 0 Å². The SMILES string of the molecule is CCC1CNC(C)CN1Cc1nc(C)c(C)s1. The molecule has 0 spiro atoms. The number of rotatable bonds is 3. The molecule has 1 N–H and O–H groups in total. The lowest BCUT2D eigenvalue weighted by atomic mass is 10.1. The average Bonchev–Trinajstić information content (AvgIpc) is 2.58. The van der Waals surface area contributed by atoms with E-state index < -0.39 is 0 Å². The van der Waals surface area contributed by atoms with Gasteiger partial charge in [-0.1, -0.05) is 6.92 Å². The van der Waals surface area contributed by atoms with Crippen LogP contribution >= 0.6 is 11.3 Å². The first kappa shape index (κ1) is 13.0. The summed E-state index contributed by atoms with van der Waals surface area (Å²) in [7, 11) is 0. The number of aromatic nitrogens is 1. The zero-order valence-electron chi connectivity index (χ0n) is 11.3. The summed E-state index contributed by atoms with van der Waals surface area (Å²) >= 11 is 1.85. The van der Waals surface area contributed by atoms with Gasteiger partial charge in [-0.15, -0.1) is 11.3 Å². The summed E-state index contributed by atoms with van der Waals surface area (Å²) in [5.41, 5.74) is 1.20. The Labute approximate surface area is 108 Å². The van der Waals surface area contributed by atoms with Gasteiger partial charge in [0.2, 0.25) is 0 Å². The van der Waals surface area contributed by atoms with E-state index in [1.807, 2.05) is 11.3 Å². The fraction of sp³-hybridized carbons (Fsp3) is 0.769. The van der Waals surface area contributed by atoms with Crippen molar-refractivity contribution in [3.05, 3.63) is 15.6 Å². The molecule has 2 heterocycles. The Morgan fingerprint density at radius 2 is 2.24 bits per heavy atom. The summed E-state index contributed by atoms with van der Waals surface area (Å²) < 4.78 is 0. The van der Waals surface area contributed by atoms with E-state index in [0.29, 0.717) is 12.1 Å². The van der Waals surface area contributed by atoms with Crippen LogP contribution in [0, 0.1) is 13.8 Å². The zero-order valence-corrected chi connectivity index (χ0v) is 12.1. The minimum Gasteiger partial charge on any atom is -0.311 e. The quantitative estimate of drug-likeness (QED) is 0.896. The van der Waals surface area contributed by atoms with Crippen LogP contribution in [-0.4, -0.2) is 35.1 Å². The van der Waals surface area contributed by atoms with E-state index in [2.05, 4.69) is 42.9 Å². The Balaban J connectivity index is 2.04. The second kappa shape index (κ2) is 5.46. The maximum absolute atomic E-state index is 4.65. The molecule has 96 valence electrons. The molecule has 0 saturated carbocycles. The normalized spacial score (nSPS) is 26.4. The standard InChI is InChI=1S/C13H23N3S/c1-5-12-6-14-9(2)7-16(12)8-13-15-10(3)11(4)17-13/h9,12,14H,5-8H2,1-4H3. The summed E-state index contributed by atoms with van der Waals surface area (Å²) in [5, 5.41) is 4.83. The van der Waals surface area contributed by atoms with Gasteiger partial charge in [0.1, 0.15) is 5.01 Å². The van der Waals surface area contributed by atoms with E-state index in [0.717, 1.165) is 19.6 Å². The molecule has 1 saturated heterocycles. The topological polar surface area (TPSA) is 28.2 Å². The van der Waals surface area contributed by atoms with Crippen molar-refractivity contribution < 1.29 is 0 Å². The van der Waals surface area contributed by atoms with Crippen molar-refractivity contribution >= 4 is 11.3 Å². The Kier molecular flexibility index (Phi) is 4.17. The first-order valence-corrected chi connectivity index (χ1v) is 7.32. The molecule has 4 heteroatoms. The molecule has 3 nitrogen and oxygen atoms in total. The highest BCUT2D eigenvalue weighted by atomic mass is 32.1. The van der Waals surface area contributed by atoms with Crippen LogP contribution in [0.2, 0.25) is 0 Å². The van der Waals surface area contributed by atoms with Crippen molar-refractivity contribution in [1.82, 2.24) is 15.2 Å². The van der Waals surface area contributed by atoms with Crippen LogP contribution in [0.1, 0.15) is 35.8 Å². The highest BCUT2D eigenvalue weighted by Gasteiger charge is 2.25. The van der Waals surface area contributed by atoms with E-state index in [-0.39, 0.29) is 0 Å². The van der Waals surface area contributed by atoms with Gasteiger partial charge in [0.15, 0.2) is 0 Å². The molecule has 0 aromatic carbocycles. The van der Waals surface area contributed by atoms with Gasteiger partial charge in [-0.05, 0) is 27.2 Å². The van der Waals surface area contributed by atoms with Crippen LogP contribution in [0.15, 0.2) is 0 Å². The van der Waals surface area contributed by atoms with Crippen molar-refractivity contribution in [2.45, 2.75) is 52.7 Å². The van der Waals surface area contributed by atoms with Crippen molar-refractivity contribution in [3.8, 4) is 0 Å². The van der Waals surface area contributed by atoms with Gasteiger partial charge >= 0.3 is 0 Å². The van der Waals surface area contributed by atoms with Gasteiger partial charge in [0, 0.05) is 30.1 Å². The summed E-state index contributed by atoms with van der Waals surface area (Å²) in [6, 6.07) is 1.26. The second-order valence-corrected chi connectivity index (χ2v) is 6.34. The molecular formula is C13H23N3S. The number of piperazine rings is 1. The molecule has 0 bridgehead atoms. The number of thiazole rings is 1. The predicted octanol–water partition coefficient (Wildman–Crippen LogP) is 2.33. The molecule has 2 atom stereocenters. The van der Waals surface area contributed by atoms with Crippen LogP contribution in [-0.2, 0) is 6.54 Å².